The topological polar surface area (TPSA) is 78.4 Å². The van der Waals surface area contributed by atoms with Crippen LogP contribution >= 0.6 is 0 Å². The second-order valence-electron chi connectivity index (χ2n) is 3.80. The van der Waals surface area contributed by atoms with Crippen molar-refractivity contribution in [3.8, 4) is 0 Å². The Morgan fingerprint density at radius 1 is 1.33 bits per heavy atom. The van der Waals surface area contributed by atoms with E-state index in [9.17, 15) is 22.3 Å². The van der Waals surface area contributed by atoms with Crippen molar-refractivity contribution in [1.29, 1.82) is 0 Å². The van der Waals surface area contributed by atoms with Crippen molar-refractivity contribution in [3.63, 3.8) is 0 Å². The zero-order valence-electron chi connectivity index (χ0n) is 9.87. The number of anilines is 1. The van der Waals surface area contributed by atoms with Crippen LogP contribution in [-0.4, -0.2) is 33.4 Å². The van der Waals surface area contributed by atoms with Gasteiger partial charge in [-0.2, -0.15) is 0 Å². The number of likely N-dealkylation sites (N-methyl/N-ethyl adjacent to an activating group) is 1. The van der Waals surface area contributed by atoms with Crippen LogP contribution in [0.4, 0.5) is 14.5 Å². The highest BCUT2D eigenvalue weighted by atomic mass is 32.2. The summed E-state index contributed by atoms with van der Waals surface area (Å²) in [6.45, 7) is 0.0564. The lowest BCUT2D eigenvalue weighted by Crippen LogP contribution is -2.19. The fourth-order valence-corrected chi connectivity index (χ4v) is 1.96. The molecule has 0 aliphatic carbocycles. The van der Waals surface area contributed by atoms with Gasteiger partial charge in [-0.25, -0.2) is 17.2 Å². The molecule has 0 saturated heterocycles. The molecule has 1 aromatic rings. The molecule has 0 fully saturated rings. The van der Waals surface area contributed by atoms with Crippen molar-refractivity contribution in [2.24, 2.45) is 0 Å². The number of hydrogen-bond donors (Lipinski definition) is 3. The van der Waals surface area contributed by atoms with E-state index in [1.54, 1.807) is 7.05 Å². The van der Waals surface area contributed by atoms with Gasteiger partial charge in [-0.05, 0) is 13.1 Å². The first-order chi connectivity index (χ1) is 8.24. The summed E-state index contributed by atoms with van der Waals surface area (Å²) in [6.07, 6.45) is -0.352. The standard InChI is InChI=1S/C10H14F2N2O3S/c1-13-5-10(15)6-3-9(14-18(2,16)17)8(12)4-7(6)11/h3-4,10,13-15H,5H2,1-2H3. The average Bonchev–Trinajstić information content (AvgIpc) is 2.20. The van der Waals surface area contributed by atoms with E-state index in [0.29, 0.717) is 6.07 Å². The lowest BCUT2D eigenvalue weighted by atomic mass is 10.1. The lowest BCUT2D eigenvalue weighted by molar-refractivity contribution is 0.173. The number of rotatable bonds is 5. The van der Waals surface area contributed by atoms with Crippen LogP contribution in [-0.2, 0) is 10.0 Å². The Kier molecular flexibility index (Phi) is 4.60. The molecule has 1 atom stereocenters. The monoisotopic (exact) mass is 280 g/mol. The SMILES string of the molecule is CNCC(O)c1cc(NS(C)(=O)=O)c(F)cc1F. The summed E-state index contributed by atoms with van der Waals surface area (Å²) >= 11 is 0. The molecule has 0 heterocycles. The molecule has 102 valence electrons. The number of nitrogens with one attached hydrogen (secondary N) is 2. The van der Waals surface area contributed by atoms with E-state index in [2.05, 4.69) is 5.32 Å². The zero-order valence-corrected chi connectivity index (χ0v) is 10.7. The molecule has 1 aromatic carbocycles. The van der Waals surface area contributed by atoms with E-state index in [4.69, 9.17) is 0 Å². The van der Waals surface area contributed by atoms with Crippen LogP contribution in [0.25, 0.3) is 0 Å². The zero-order chi connectivity index (χ0) is 13.9. The Morgan fingerprint density at radius 3 is 2.44 bits per heavy atom. The van der Waals surface area contributed by atoms with Gasteiger partial charge in [0.25, 0.3) is 0 Å². The molecule has 5 nitrogen and oxygen atoms in total. The van der Waals surface area contributed by atoms with Crippen LogP contribution in [0.15, 0.2) is 12.1 Å². The van der Waals surface area contributed by atoms with Crippen molar-refractivity contribution in [2.45, 2.75) is 6.10 Å². The van der Waals surface area contributed by atoms with Crippen LogP contribution in [0.1, 0.15) is 11.7 Å². The Hall–Kier alpha value is -1.25. The first-order valence-corrected chi connectivity index (χ1v) is 6.93. The number of aliphatic hydroxyl groups excluding tert-OH is 1. The number of halogens is 2. The number of aliphatic hydroxyl groups is 1. The van der Waals surface area contributed by atoms with Gasteiger partial charge in [-0.15, -0.1) is 0 Å². The van der Waals surface area contributed by atoms with Crippen LogP contribution in [0.2, 0.25) is 0 Å². The second kappa shape index (κ2) is 5.59. The maximum Gasteiger partial charge on any atom is 0.229 e. The smallest absolute Gasteiger partial charge is 0.229 e. The van der Waals surface area contributed by atoms with Gasteiger partial charge in [-0.3, -0.25) is 4.72 Å². The molecule has 0 aliphatic rings. The largest absolute Gasteiger partial charge is 0.387 e. The molecule has 0 aromatic heterocycles. The van der Waals surface area contributed by atoms with E-state index in [1.807, 2.05) is 4.72 Å². The van der Waals surface area contributed by atoms with Crippen LogP contribution in [0, 0.1) is 11.6 Å². The summed E-state index contributed by atoms with van der Waals surface area (Å²) in [5.41, 5.74) is -0.582. The van der Waals surface area contributed by atoms with Gasteiger partial charge in [0.2, 0.25) is 10.0 Å². The average molecular weight is 280 g/mol. The van der Waals surface area contributed by atoms with Crippen molar-refractivity contribution in [3.05, 3.63) is 29.3 Å². The van der Waals surface area contributed by atoms with E-state index < -0.39 is 33.4 Å². The molecule has 1 rings (SSSR count). The summed E-state index contributed by atoms with van der Waals surface area (Å²) in [4.78, 5) is 0. The van der Waals surface area contributed by atoms with Crippen molar-refractivity contribution in [2.75, 3.05) is 24.6 Å². The third-order valence-electron chi connectivity index (χ3n) is 2.14. The van der Waals surface area contributed by atoms with Crippen LogP contribution in [0.3, 0.4) is 0 Å². The fraction of sp³-hybridized carbons (Fsp3) is 0.400. The summed E-state index contributed by atoms with van der Waals surface area (Å²) in [6, 6.07) is 1.47. The predicted molar refractivity (Wildman–Crippen MR) is 63.7 cm³/mol. The van der Waals surface area contributed by atoms with Crippen molar-refractivity contribution in [1.82, 2.24) is 5.32 Å². The highest BCUT2D eigenvalue weighted by Gasteiger charge is 2.17. The highest BCUT2D eigenvalue weighted by Crippen LogP contribution is 2.24. The molecule has 0 saturated carbocycles. The molecule has 0 bridgehead atoms. The van der Waals surface area contributed by atoms with Crippen molar-refractivity contribution < 1.29 is 22.3 Å². The summed E-state index contributed by atoms with van der Waals surface area (Å²) < 4.78 is 50.7. The molecule has 1 unspecified atom stereocenters. The minimum atomic E-state index is -3.68. The molecular formula is C10H14F2N2O3S. The van der Waals surface area contributed by atoms with Gasteiger partial charge < -0.3 is 10.4 Å². The van der Waals surface area contributed by atoms with Crippen LogP contribution in [0.5, 0.6) is 0 Å². The van der Waals surface area contributed by atoms with Gasteiger partial charge in [-0.1, -0.05) is 0 Å². The summed E-state index contributed by atoms with van der Waals surface area (Å²) in [5.74, 6) is -1.98. The lowest BCUT2D eigenvalue weighted by Gasteiger charge is -2.14. The first kappa shape index (κ1) is 14.8. The van der Waals surface area contributed by atoms with Gasteiger partial charge in [0.05, 0.1) is 18.0 Å². The predicted octanol–water partition coefficient (Wildman–Crippen LogP) is 0.589. The Balaban J connectivity index is 3.17. The normalized spacial score (nSPS) is 13.4. The Morgan fingerprint density at radius 2 is 1.94 bits per heavy atom. The fourth-order valence-electron chi connectivity index (χ4n) is 1.40. The minimum absolute atomic E-state index is 0.0564. The molecular weight excluding hydrogens is 266 g/mol. The minimum Gasteiger partial charge on any atom is -0.387 e. The molecule has 0 aliphatic heterocycles. The summed E-state index contributed by atoms with van der Waals surface area (Å²) in [7, 11) is -2.12. The second-order valence-corrected chi connectivity index (χ2v) is 5.55. The van der Waals surface area contributed by atoms with Crippen molar-refractivity contribution >= 4 is 15.7 Å². The highest BCUT2D eigenvalue weighted by molar-refractivity contribution is 7.92. The third-order valence-corrected chi connectivity index (χ3v) is 2.73. The van der Waals surface area contributed by atoms with Gasteiger partial charge in [0.15, 0.2) is 0 Å². The van der Waals surface area contributed by atoms with Crippen LogP contribution < -0.4 is 10.0 Å². The van der Waals surface area contributed by atoms with E-state index in [-0.39, 0.29) is 12.1 Å². The van der Waals surface area contributed by atoms with E-state index >= 15 is 0 Å². The molecule has 18 heavy (non-hydrogen) atoms. The van der Waals surface area contributed by atoms with E-state index in [0.717, 1.165) is 12.3 Å². The molecule has 0 radical (unpaired) electrons. The maximum absolute atomic E-state index is 13.4. The third kappa shape index (κ3) is 3.90. The van der Waals surface area contributed by atoms with Gasteiger partial charge in [0, 0.05) is 18.2 Å². The first-order valence-electron chi connectivity index (χ1n) is 5.04. The number of benzene rings is 1. The van der Waals surface area contributed by atoms with E-state index in [1.165, 1.54) is 0 Å². The van der Waals surface area contributed by atoms with Gasteiger partial charge >= 0.3 is 0 Å². The molecule has 8 heteroatoms. The maximum atomic E-state index is 13.4. The Labute approximate surface area is 104 Å². The quantitative estimate of drug-likeness (QED) is 0.737. The van der Waals surface area contributed by atoms with Gasteiger partial charge in [0.1, 0.15) is 11.6 Å². The number of sulfonamides is 1. The molecule has 0 amide bonds. The Bertz CT molecular complexity index is 534. The number of hydrogen-bond acceptors (Lipinski definition) is 4. The molecule has 0 spiro atoms. The summed E-state index contributed by atoms with van der Waals surface area (Å²) in [5, 5.41) is 12.2. The molecule has 3 N–H and O–H groups in total.